The summed E-state index contributed by atoms with van der Waals surface area (Å²) in [5.74, 6) is -0.526. The zero-order chi connectivity index (χ0) is 13.8. The second-order valence-corrected chi connectivity index (χ2v) is 4.06. The first-order valence-corrected chi connectivity index (χ1v) is 5.59. The number of benzene rings is 2. The predicted octanol–water partition coefficient (Wildman–Crippen LogP) is 3.63. The summed E-state index contributed by atoms with van der Waals surface area (Å²) in [6.45, 7) is 1.93. The number of phenolic OH excluding ortho intramolecular Hbond substituents is 2. The van der Waals surface area contributed by atoms with Gasteiger partial charge in [-0.05, 0) is 30.7 Å². The minimum Gasteiger partial charge on any atom is -0.507 e. The first-order valence-electron chi connectivity index (χ1n) is 5.59. The van der Waals surface area contributed by atoms with Gasteiger partial charge in [0.1, 0.15) is 17.2 Å². The molecule has 2 rings (SSSR count). The van der Waals surface area contributed by atoms with E-state index < -0.39 is 0 Å². The molecule has 0 saturated carbocycles. The van der Waals surface area contributed by atoms with Crippen LogP contribution in [0.2, 0.25) is 0 Å². The standard InChI is InChI=1S/C14H12N2O3/c1-9-3-2-4-11(5-9)15-16-12-6-10(8-17)13(18)7-14(12)19/h2-8,18-19H,1H3/b16-15+. The number of carbonyl (C=O) groups excluding carboxylic acids is 1. The van der Waals surface area contributed by atoms with E-state index in [4.69, 9.17) is 0 Å². The maximum atomic E-state index is 10.7. The molecule has 0 bridgehead atoms. The maximum Gasteiger partial charge on any atom is 0.153 e. The van der Waals surface area contributed by atoms with E-state index in [-0.39, 0.29) is 22.7 Å². The number of aldehydes is 1. The van der Waals surface area contributed by atoms with Crippen LogP contribution in [0.15, 0.2) is 46.6 Å². The highest BCUT2D eigenvalue weighted by Crippen LogP contribution is 2.33. The van der Waals surface area contributed by atoms with Crippen LogP contribution in [0, 0.1) is 6.92 Å². The minimum atomic E-state index is -0.290. The molecule has 0 fully saturated rings. The van der Waals surface area contributed by atoms with E-state index in [9.17, 15) is 15.0 Å². The summed E-state index contributed by atoms with van der Waals surface area (Å²) in [5.41, 5.74) is 1.86. The van der Waals surface area contributed by atoms with Gasteiger partial charge in [-0.25, -0.2) is 0 Å². The van der Waals surface area contributed by atoms with Gasteiger partial charge in [0.15, 0.2) is 6.29 Å². The second kappa shape index (κ2) is 5.30. The third-order valence-electron chi connectivity index (χ3n) is 2.53. The monoisotopic (exact) mass is 256 g/mol. The van der Waals surface area contributed by atoms with Crippen molar-refractivity contribution in [2.75, 3.05) is 0 Å². The molecule has 0 aromatic heterocycles. The molecule has 0 heterocycles. The molecule has 0 saturated heterocycles. The van der Waals surface area contributed by atoms with Crippen molar-refractivity contribution >= 4 is 17.7 Å². The molecule has 2 aromatic rings. The summed E-state index contributed by atoms with van der Waals surface area (Å²) in [7, 11) is 0. The van der Waals surface area contributed by atoms with Crippen LogP contribution in [-0.2, 0) is 0 Å². The Labute approximate surface area is 109 Å². The van der Waals surface area contributed by atoms with Crippen LogP contribution in [0.25, 0.3) is 0 Å². The summed E-state index contributed by atoms with van der Waals surface area (Å²) in [6, 6.07) is 9.72. The number of azo groups is 1. The predicted molar refractivity (Wildman–Crippen MR) is 70.5 cm³/mol. The lowest BCUT2D eigenvalue weighted by Crippen LogP contribution is -1.81. The van der Waals surface area contributed by atoms with Gasteiger partial charge in [-0.3, -0.25) is 4.79 Å². The van der Waals surface area contributed by atoms with E-state index in [1.54, 1.807) is 6.07 Å². The average molecular weight is 256 g/mol. The molecule has 0 aliphatic carbocycles. The van der Waals surface area contributed by atoms with Crippen molar-refractivity contribution < 1.29 is 15.0 Å². The van der Waals surface area contributed by atoms with E-state index in [2.05, 4.69) is 10.2 Å². The van der Waals surface area contributed by atoms with E-state index in [1.807, 2.05) is 25.1 Å². The lowest BCUT2D eigenvalue weighted by atomic mass is 10.2. The Bertz CT molecular complexity index is 651. The highest BCUT2D eigenvalue weighted by molar-refractivity contribution is 5.82. The average Bonchev–Trinajstić information content (AvgIpc) is 2.38. The molecule has 5 heteroatoms. The number of nitrogens with zero attached hydrogens (tertiary/aromatic N) is 2. The van der Waals surface area contributed by atoms with Crippen molar-refractivity contribution in [3.05, 3.63) is 47.5 Å². The summed E-state index contributed by atoms with van der Waals surface area (Å²) < 4.78 is 0. The third-order valence-corrected chi connectivity index (χ3v) is 2.53. The zero-order valence-corrected chi connectivity index (χ0v) is 10.2. The summed E-state index contributed by atoms with van der Waals surface area (Å²) in [6.07, 6.45) is 0.487. The quantitative estimate of drug-likeness (QED) is 0.649. The van der Waals surface area contributed by atoms with Gasteiger partial charge in [-0.15, -0.1) is 5.11 Å². The van der Waals surface area contributed by atoms with Crippen molar-refractivity contribution in [2.24, 2.45) is 10.2 Å². The largest absolute Gasteiger partial charge is 0.507 e. The fourth-order valence-electron chi connectivity index (χ4n) is 1.56. The Hall–Kier alpha value is -2.69. The smallest absolute Gasteiger partial charge is 0.153 e. The molecule has 0 unspecified atom stereocenters. The van der Waals surface area contributed by atoms with Gasteiger partial charge < -0.3 is 10.2 Å². The van der Waals surface area contributed by atoms with Gasteiger partial charge in [-0.1, -0.05) is 12.1 Å². The molecule has 0 amide bonds. The first kappa shape index (κ1) is 12.8. The van der Waals surface area contributed by atoms with Crippen molar-refractivity contribution in [3.63, 3.8) is 0 Å². The fraction of sp³-hybridized carbons (Fsp3) is 0.0714. The van der Waals surface area contributed by atoms with Crippen molar-refractivity contribution in [1.82, 2.24) is 0 Å². The summed E-state index contributed by atoms with van der Waals surface area (Å²) >= 11 is 0. The molecule has 0 spiro atoms. The second-order valence-electron chi connectivity index (χ2n) is 4.06. The SMILES string of the molecule is Cc1cccc(/N=N/c2cc(C=O)c(O)cc2O)c1. The first-order chi connectivity index (χ1) is 9.10. The zero-order valence-electron chi connectivity index (χ0n) is 10.2. The minimum absolute atomic E-state index is 0.0518. The molecule has 0 aliphatic heterocycles. The van der Waals surface area contributed by atoms with Gasteiger partial charge in [0.25, 0.3) is 0 Å². The molecule has 0 radical (unpaired) electrons. The number of aromatic hydroxyl groups is 2. The number of carbonyl (C=O) groups is 1. The van der Waals surface area contributed by atoms with Crippen LogP contribution in [-0.4, -0.2) is 16.5 Å². The highest BCUT2D eigenvalue weighted by atomic mass is 16.3. The Morgan fingerprint density at radius 1 is 1.05 bits per heavy atom. The van der Waals surface area contributed by atoms with Crippen molar-refractivity contribution in [1.29, 1.82) is 0 Å². The lowest BCUT2D eigenvalue weighted by Gasteiger charge is -2.01. The molecule has 2 aromatic carbocycles. The van der Waals surface area contributed by atoms with Crippen LogP contribution >= 0.6 is 0 Å². The van der Waals surface area contributed by atoms with E-state index in [1.165, 1.54) is 6.07 Å². The van der Waals surface area contributed by atoms with Crippen LogP contribution in [0.4, 0.5) is 11.4 Å². The lowest BCUT2D eigenvalue weighted by molar-refractivity contribution is 0.112. The van der Waals surface area contributed by atoms with E-state index >= 15 is 0 Å². The van der Waals surface area contributed by atoms with Gasteiger partial charge in [0.2, 0.25) is 0 Å². The highest BCUT2D eigenvalue weighted by Gasteiger charge is 2.07. The van der Waals surface area contributed by atoms with Crippen molar-refractivity contribution in [3.8, 4) is 11.5 Å². The van der Waals surface area contributed by atoms with Crippen LogP contribution < -0.4 is 0 Å². The van der Waals surface area contributed by atoms with Gasteiger partial charge >= 0.3 is 0 Å². The molecular formula is C14H12N2O3. The summed E-state index contributed by atoms with van der Waals surface area (Å²) in [4.78, 5) is 10.7. The Balaban J connectivity index is 2.35. The Kier molecular flexibility index (Phi) is 3.56. The number of rotatable bonds is 3. The molecule has 0 atom stereocenters. The van der Waals surface area contributed by atoms with E-state index in [0.717, 1.165) is 11.6 Å². The van der Waals surface area contributed by atoms with E-state index in [0.29, 0.717) is 12.0 Å². The maximum absolute atomic E-state index is 10.7. The fourth-order valence-corrected chi connectivity index (χ4v) is 1.56. The Morgan fingerprint density at radius 3 is 2.53 bits per heavy atom. The topological polar surface area (TPSA) is 82.2 Å². The Morgan fingerprint density at radius 2 is 1.84 bits per heavy atom. The molecular weight excluding hydrogens is 244 g/mol. The van der Waals surface area contributed by atoms with Crippen molar-refractivity contribution in [2.45, 2.75) is 6.92 Å². The van der Waals surface area contributed by atoms with Crippen LogP contribution in [0.5, 0.6) is 11.5 Å². The van der Waals surface area contributed by atoms with Crippen LogP contribution in [0.3, 0.4) is 0 Å². The van der Waals surface area contributed by atoms with Gasteiger partial charge in [0.05, 0.1) is 11.3 Å². The van der Waals surface area contributed by atoms with Gasteiger partial charge in [0, 0.05) is 6.07 Å². The number of hydrogen-bond donors (Lipinski definition) is 2. The summed E-state index contributed by atoms with van der Waals surface area (Å²) in [5, 5.41) is 26.8. The molecule has 5 nitrogen and oxygen atoms in total. The third kappa shape index (κ3) is 2.95. The molecule has 0 aliphatic rings. The molecule has 19 heavy (non-hydrogen) atoms. The van der Waals surface area contributed by atoms with Crippen LogP contribution in [0.1, 0.15) is 15.9 Å². The number of phenols is 2. The van der Waals surface area contributed by atoms with Gasteiger partial charge in [-0.2, -0.15) is 5.11 Å². The number of aryl methyl sites for hydroxylation is 1. The normalized spacial score (nSPS) is 10.8. The molecule has 2 N–H and O–H groups in total. The molecule has 96 valence electrons. The number of hydrogen-bond acceptors (Lipinski definition) is 5.